The van der Waals surface area contributed by atoms with E-state index in [1.165, 1.54) is 26.3 Å². The molecular weight excluding hydrogens is 340 g/mol. The molecule has 0 aliphatic rings. The normalized spacial score (nSPS) is 11.3. The highest BCUT2D eigenvalue weighted by Crippen LogP contribution is 2.12. The fraction of sp³-hybridized carbons (Fsp3) is 0.0769. The molecule has 0 aliphatic heterocycles. The van der Waals surface area contributed by atoms with Gasteiger partial charge in [-0.05, 0) is 32.7 Å². The van der Waals surface area contributed by atoms with Gasteiger partial charge in [-0.25, -0.2) is 0 Å². The number of aryl methyl sites for hydroxylation is 1. The maximum absolute atomic E-state index is 2.37. The van der Waals surface area contributed by atoms with Gasteiger partial charge in [-0.1, -0.05) is 122 Å². The molecule has 0 N–H and O–H groups in total. The summed E-state index contributed by atoms with van der Waals surface area (Å²) in [4.78, 5) is 0. The summed E-state index contributed by atoms with van der Waals surface area (Å²) in [7, 11) is -2.37. The van der Waals surface area contributed by atoms with Crippen LogP contribution in [0.5, 0.6) is 0 Å². The van der Waals surface area contributed by atoms with E-state index in [4.69, 9.17) is 0 Å². The van der Waals surface area contributed by atoms with E-state index in [0.29, 0.717) is 0 Å². The second kappa shape index (κ2) is 7.77. The predicted octanol–water partition coefficient (Wildman–Crippen LogP) is 3.63. The van der Waals surface area contributed by atoms with Crippen molar-refractivity contribution in [3.63, 3.8) is 0 Å². The topological polar surface area (TPSA) is 0 Å². The van der Waals surface area contributed by atoms with Crippen molar-refractivity contribution in [2.75, 3.05) is 0 Å². The molecule has 0 saturated heterocycles. The van der Waals surface area contributed by atoms with E-state index in [0.717, 1.165) is 6.42 Å². The van der Waals surface area contributed by atoms with Crippen LogP contribution in [-0.2, 0) is 6.42 Å². The molecule has 0 saturated carbocycles. The predicted molar refractivity (Wildman–Crippen MR) is 119 cm³/mol. The van der Waals surface area contributed by atoms with Gasteiger partial charge in [-0.2, -0.15) is 0 Å². The molecule has 0 amide bonds. The van der Waals surface area contributed by atoms with Crippen molar-refractivity contribution in [3.8, 4) is 0 Å². The summed E-state index contributed by atoms with van der Waals surface area (Å²) >= 11 is 0. The maximum atomic E-state index is 2.36. The fourth-order valence-corrected chi connectivity index (χ4v) is 9.32. The number of hydrogen-bond acceptors (Lipinski definition) is 0. The van der Waals surface area contributed by atoms with Gasteiger partial charge in [0.2, 0.25) is 0 Å². The third kappa shape index (κ3) is 3.05. The average Bonchev–Trinajstić information content (AvgIpc) is 2.77. The summed E-state index contributed by atoms with van der Waals surface area (Å²) < 4.78 is 0. The Morgan fingerprint density at radius 3 is 1.26 bits per heavy atom. The third-order valence-corrected chi connectivity index (χ3v) is 10.3. The molecule has 0 heterocycles. The second-order valence-corrected chi connectivity index (χ2v) is 10.6. The van der Waals surface area contributed by atoms with Crippen LogP contribution in [-0.4, -0.2) is 8.07 Å². The molecule has 4 rings (SSSR count). The lowest BCUT2D eigenvalue weighted by Crippen LogP contribution is -2.75. The first-order valence-corrected chi connectivity index (χ1v) is 11.6. The van der Waals surface area contributed by atoms with E-state index >= 15 is 0 Å². The van der Waals surface area contributed by atoms with E-state index < -0.39 is 8.07 Å². The van der Waals surface area contributed by atoms with Crippen molar-refractivity contribution in [1.82, 2.24) is 0 Å². The zero-order chi connectivity index (χ0) is 18.5. The molecular formula is C26H24Si. The van der Waals surface area contributed by atoms with Crippen molar-refractivity contribution in [3.05, 3.63) is 121 Å². The fourth-order valence-electron chi connectivity index (χ4n) is 4.23. The van der Waals surface area contributed by atoms with E-state index in [1.54, 1.807) is 0 Å². The maximum Gasteiger partial charge on any atom is 0.179 e. The summed E-state index contributed by atoms with van der Waals surface area (Å²) in [5.41, 5.74) is 1.45. The van der Waals surface area contributed by atoms with Crippen molar-refractivity contribution >= 4 is 28.8 Å². The lowest BCUT2D eigenvalue weighted by atomic mass is 10.2. The van der Waals surface area contributed by atoms with Gasteiger partial charge in [0.25, 0.3) is 0 Å². The van der Waals surface area contributed by atoms with Crippen LogP contribution < -0.4 is 20.7 Å². The Morgan fingerprint density at radius 2 is 0.852 bits per heavy atom. The van der Waals surface area contributed by atoms with Crippen LogP contribution in [0, 0.1) is 0 Å². The van der Waals surface area contributed by atoms with Crippen molar-refractivity contribution in [2.45, 2.75) is 13.3 Å². The monoisotopic (exact) mass is 364 g/mol. The first-order chi connectivity index (χ1) is 13.4. The Bertz CT molecular complexity index is 895. The SMILES string of the molecule is CCc1ccccc1[Si](c1ccccc1)(c1ccccc1)c1ccccc1. The van der Waals surface area contributed by atoms with E-state index in [9.17, 15) is 0 Å². The lowest BCUT2D eigenvalue weighted by molar-refractivity contribution is 1.15. The average molecular weight is 365 g/mol. The molecule has 27 heavy (non-hydrogen) atoms. The molecule has 4 aromatic rings. The van der Waals surface area contributed by atoms with Gasteiger partial charge in [0.15, 0.2) is 8.07 Å². The van der Waals surface area contributed by atoms with Crippen molar-refractivity contribution in [1.29, 1.82) is 0 Å². The Balaban J connectivity index is 2.17. The molecule has 132 valence electrons. The second-order valence-electron chi connectivity index (χ2n) is 6.86. The molecule has 0 fully saturated rings. The van der Waals surface area contributed by atoms with Crippen LogP contribution in [0.4, 0.5) is 0 Å². The van der Waals surface area contributed by atoms with Crippen LogP contribution in [0.25, 0.3) is 0 Å². The van der Waals surface area contributed by atoms with Crippen LogP contribution in [0.15, 0.2) is 115 Å². The zero-order valence-electron chi connectivity index (χ0n) is 15.7. The van der Waals surface area contributed by atoms with Crippen LogP contribution >= 0.6 is 0 Å². The smallest absolute Gasteiger partial charge is 0.0623 e. The molecule has 0 aliphatic carbocycles. The highest BCUT2D eigenvalue weighted by atomic mass is 28.3. The minimum Gasteiger partial charge on any atom is -0.0623 e. The molecule has 4 aromatic carbocycles. The quantitative estimate of drug-likeness (QED) is 0.375. The van der Waals surface area contributed by atoms with Gasteiger partial charge in [0, 0.05) is 0 Å². The van der Waals surface area contributed by atoms with E-state index in [2.05, 4.69) is 122 Å². The van der Waals surface area contributed by atoms with Gasteiger partial charge >= 0.3 is 0 Å². The standard InChI is InChI=1S/C26H24Si/c1-2-22-14-12-13-21-26(22)27(23-15-6-3-7-16-23,24-17-8-4-9-18-24)25-19-10-5-11-20-25/h3-21H,2H2,1H3. The molecule has 0 nitrogen and oxygen atoms in total. The summed E-state index contributed by atoms with van der Waals surface area (Å²) in [5.74, 6) is 0. The molecule has 0 unspecified atom stereocenters. The Labute approximate surface area is 163 Å². The Kier molecular flexibility index (Phi) is 5.04. The Hall–Kier alpha value is -2.90. The summed E-state index contributed by atoms with van der Waals surface area (Å²) in [5, 5.41) is 5.80. The van der Waals surface area contributed by atoms with Crippen LogP contribution in [0.1, 0.15) is 12.5 Å². The van der Waals surface area contributed by atoms with Gasteiger partial charge in [0.05, 0.1) is 0 Å². The molecule has 0 atom stereocenters. The molecule has 1 heteroatoms. The molecule has 0 spiro atoms. The number of hydrogen-bond donors (Lipinski definition) is 0. The highest BCUT2D eigenvalue weighted by Gasteiger charge is 2.42. The summed E-state index contributed by atoms with van der Waals surface area (Å²) in [6.07, 6.45) is 1.04. The van der Waals surface area contributed by atoms with E-state index in [1.807, 2.05) is 0 Å². The largest absolute Gasteiger partial charge is 0.179 e. The lowest BCUT2D eigenvalue weighted by Gasteiger charge is -2.35. The third-order valence-electron chi connectivity index (χ3n) is 5.42. The zero-order valence-corrected chi connectivity index (χ0v) is 16.7. The van der Waals surface area contributed by atoms with Gasteiger partial charge in [-0.15, -0.1) is 0 Å². The van der Waals surface area contributed by atoms with Crippen LogP contribution in [0.3, 0.4) is 0 Å². The minimum absolute atomic E-state index is 1.04. The first-order valence-electron chi connectivity index (χ1n) is 9.62. The number of rotatable bonds is 5. The van der Waals surface area contributed by atoms with Crippen molar-refractivity contribution in [2.24, 2.45) is 0 Å². The molecule has 0 radical (unpaired) electrons. The highest BCUT2D eigenvalue weighted by molar-refractivity contribution is 7.20. The van der Waals surface area contributed by atoms with Crippen LogP contribution in [0.2, 0.25) is 0 Å². The van der Waals surface area contributed by atoms with Gasteiger partial charge in [-0.3, -0.25) is 0 Å². The summed E-state index contributed by atoms with van der Waals surface area (Å²) in [6, 6.07) is 42.3. The number of benzene rings is 4. The van der Waals surface area contributed by atoms with Crippen molar-refractivity contribution < 1.29 is 0 Å². The van der Waals surface area contributed by atoms with Gasteiger partial charge < -0.3 is 0 Å². The minimum atomic E-state index is -2.37. The molecule has 0 aromatic heterocycles. The summed E-state index contributed by atoms with van der Waals surface area (Å²) in [6.45, 7) is 2.26. The first kappa shape index (κ1) is 17.5. The molecule has 0 bridgehead atoms. The Morgan fingerprint density at radius 1 is 0.481 bits per heavy atom. The van der Waals surface area contributed by atoms with Gasteiger partial charge in [0.1, 0.15) is 0 Å². The van der Waals surface area contributed by atoms with E-state index in [-0.39, 0.29) is 0 Å².